The van der Waals surface area contributed by atoms with Crippen molar-refractivity contribution in [1.82, 2.24) is 4.90 Å². The minimum Gasteiger partial charge on any atom is -0.493 e. The van der Waals surface area contributed by atoms with Crippen LogP contribution in [0.3, 0.4) is 0 Å². The van der Waals surface area contributed by atoms with E-state index in [1.807, 2.05) is 49.2 Å². The molecule has 0 unspecified atom stereocenters. The molecule has 5 rings (SSSR count). The summed E-state index contributed by atoms with van der Waals surface area (Å²) in [7, 11) is 0. The summed E-state index contributed by atoms with van der Waals surface area (Å²) >= 11 is 0. The molecule has 2 aliphatic rings. The zero-order valence-corrected chi connectivity index (χ0v) is 21.2. The molecule has 0 N–H and O–H groups in total. The summed E-state index contributed by atoms with van der Waals surface area (Å²) in [5.74, 6) is 1.60. The van der Waals surface area contributed by atoms with E-state index >= 15 is 0 Å². The number of aliphatic imine (C=N–C) groups is 1. The van der Waals surface area contributed by atoms with E-state index in [9.17, 15) is 9.18 Å². The van der Waals surface area contributed by atoms with Crippen LogP contribution in [-0.4, -0.2) is 42.8 Å². The molecule has 1 saturated heterocycles. The number of unbranched alkanes of at least 4 members (excludes halogenated alkanes) is 1. The Morgan fingerprint density at radius 3 is 2.51 bits per heavy atom. The van der Waals surface area contributed by atoms with Gasteiger partial charge in [0.1, 0.15) is 17.2 Å². The van der Waals surface area contributed by atoms with E-state index in [1.165, 1.54) is 6.07 Å². The number of fused-ring (bicyclic) bond motifs is 2. The summed E-state index contributed by atoms with van der Waals surface area (Å²) < 4.78 is 31.7. The third-order valence-electron chi connectivity index (χ3n) is 6.69. The first-order chi connectivity index (χ1) is 18.0. The van der Waals surface area contributed by atoms with E-state index in [-0.39, 0.29) is 17.7 Å². The largest absolute Gasteiger partial charge is 0.493 e. The van der Waals surface area contributed by atoms with Crippen LogP contribution in [0.25, 0.3) is 0 Å². The van der Waals surface area contributed by atoms with Gasteiger partial charge < -0.3 is 19.1 Å². The molecule has 3 aromatic rings. The van der Waals surface area contributed by atoms with Gasteiger partial charge in [-0.2, -0.15) is 0 Å². The van der Waals surface area contributed by atoms with Gasteiger partial charge in [-0.25, -0.2) is 4.39 Å². The lowest BCUT2D eigenvalue weighted by Crippen LogP contribution is -2.35. The van der Waals surface area contributed by atoms with Gasteiger partial charge in [0.15, 0.2) is 11.6 Å². The smallest absolute Gasteiger partial charge is 0.256 e. The number of amides is 1. The zero-order valence-electron chi connectivity index (χ0n) is 21.2. The Hall–Kier alpha value is -3.87. The quantitative estimate of drug-likeness (QED) is 0.302. The van der Waals surface area contributed by atoms with Crippen LogP contribution in [-0.2, 0) is 0 Å². The number of hydrogen-bond acceptors (Lipinski definition) is 5. The third-order valence-corrected chi connectivity index (χ3v) is 6.69. The van der Waals surface area contributed by atoms with Crippen molar-refractivity contribution in [3.05, 3.63) is 77.1 Å². The fraction of sp³-hybridized carbons (Fsp3) is 0.333. The predicted octanol–water partition coefficient (Wildman–Crippen LogP) is 6.79. The van der Waals surface area contributed by atoms with Crippen molar-refractivity contribution >= 4 is 17.8 Å². The summed E-state index contributed by atoms with van der Waals surface area (Å²) in [6.45, 7) is 5.71. The monoisotopic (exact) mass is 502 g/mol. The second-order valence-electron chi connectivity index (χ2n) is 9.53. The first-order valence-electron chi connectivity index (χ1n) is 12.8. The molecule has 6 nitrogen and oxygen atoms in total. The molecular formula is C30H31FN2O4. The molecule has 0 saturated carbocycles. The molecular weight excluding hydrogens is 471 g/mol. The van der Waals surface area contributed by atoms with Crippen LogP contribution in [0.2, 0.25) is 0 Å². The van der Waals surface area contributed by atoms with E-state index in [0.717, 1.165) is 49.1 Å². The minimum absolute atomic E-state index is 0.0509. The Bertz CT molecular complexity index is 1310. The fourth-order valence-corrected chi connectivity index (χ4v) is 4.59. The van der Waals surface area contributed by atoms with Crippen molar-refractivity contribution in [3.63, 3.8) is 0 Å². The summed E-state index contributed by atoms with van der Waals surface area (Å²) in [6, 6.07) is 15.8. The highest BCUT2D eigenvalue weighted by atomic mass is 19.1. The SMILES string of the molecule is Cc1ccc(Oc2cc(OCCCCOc3cc4c(cc3C)C(=O)N3CCC[C@H]3C=N4)ccc2F)cc1. The summed E-state index contributed by atoms with van der Waals surface area (Å²) in [5.41, 5.74) is 3.34. The topological polar surface area (TPSA) is 60.4 Å². The summed E-state index contributed by atoms with van der Waals surface area (Å²) in [4.78, 5) is 19.4. The normalized spacial score (nSPS) is 16.2. The standard InChI is InChI=1S/C30H31FN2O4/c1-20-7-9-23(10-8-20)37-29-17-24(11-12-26(29)31)35-14-3-4-15-36-28-18-27-25(16-21(28)2)30(34)33-13-5-6-22(33)19-32-27/h7-12,16-19,22H,3-6,13-15H2,1-2H3/t22-/m0/s1. The van der Waals surface area contributed by atoms with Gasteiger partial charge in [-0.3, -0.25) is 9.79 Å². The van der Waals surface area contributed by atoms with Crippen LogP contribution in [0.4, 0.5) is 10.1 Å². The van der Waals surface area contributed by atoms with Gasteiger partial charge in [-0.1, -0.05) is 17.7 Å². The highest BCUT2D eigenvalue weighted by Gasteiger charge is 2.32. The maximum absolute atomic E-state index is 14.2. The Balaban J connectivity index is 1.11. The number of benzene rings is 3. The third kappa shape index (κ3) is 5.77. The Morgan fingerprint density at radius 2 is 1.70 bits per heavy atom. The Morgan fingerprint density at radius 1 is 0.946 bits per heavy atom. The van der Waals surface area contributed by atoms with Gasteiger partial charge in [0.25, 0.3) is 5.91 Å². The van der Waals surface area contributed by atoms with Crippen molar-refractivity contribution in [2.75, 3.05) is 19.8 Å². The number of rotatable bonds is 9. The number of aryl methyl sites for hydroxylation is 2. The van der Waals surface area contributed by atoms with Crippen LogP contribution in [0.1, 0.15) is 47.2 Å². The van der Waals surface area contributed by atoms with E-state index in [1.54, 1.807) is 24.3 Å². The molecule has 37 heavy (non-hydrogen) atoms. The average Bonchev–Trinajstić information content (AvgIpc) is 3.33. The first-order valence-corrected chi connectivity index (χ1v) is 12.8. The molecule has 0 aromatic heterocycles. The number of nitrogens with zero attached hydrogens (tertiary/aromatic N) is 2. The number of carbonyl (C=O) groups excluding carboxylic acids is 1. The molecule has 1 atom stereocenters. The number of halogens is 1. The van der Waals surface area contributed by atoms with Crippen LogP contribution in [0.5, 0.6) is 23.0 Å². The molecule has 0 bridgehead atoms. The molecule has 1 fully saturated rings. The van der Waals surface area contributed by atoms with Gasteiger partial charge in [0.2, 0.25) is 0 Å². The minimum atomic E-state index is -0.441. The summed E-state index contributed by atoms with van der Waals surface area (Å²) in [6.07, 6.45) is 5.42. The van der Waals surface area contributed by atoms with Crippen molar-refractivity contribution in [2.45, 2.75) is 45.6 Å². The van der Waals surface area contributed by atoms with Gasteiger partial charge in [0, 0.05) is 24.9 Å². The van der Waals surface area contributed by atoms with E-state index in [0.29, 0.717) is 36.0 Å². The highest BCUT2D eigenvalue weighted by molar-refractivity contribution is 6.03. The van der Waals surface area contributed by atoms with E-state index in [4.69, 9.17) is 14.2 Å². The lowest BCUT2D eigenvalue weighted by Gasteiger charge is -2.20. The van der Waals surface area contributed by atoms with Crippen molar-refractivity contribution in [2.24, 2.45) is 4.99 Å². The molecule has 0 spiro atoms. The fourth-order valence-electron chi connectivity index (χ4n) is 4.59. The Labute approximate surface area is 216 Å². The second kappa shape index (κ2) is 11.0. The lowest BCUT2D eigenvalue weighted by molar-refractivity contribution is 0.0774. The molecule has 1 amide bonds. The molecule has 7 heteroatoms. The van der Waals surface area contributed by atoms with Crippen molar-refractivity contribution in [3.8, 4) is 23.0 Å². The lowest BCUT2D eigenvalue weighted by atomic mass is 10.1. The molecule has 0 aliphatic carbocycles. The summed E-state index contributed by atoms with van der Waals surface area (Å²) in [5, 5.41) is 0. The predicted molar refractivity (Wildman–Crippen MR) is 141 cm³/mol. The molecule has 3 aromatic carbocycles. The van der Waals surface area contributed by atoms with Crippen LogP contribution < -0.4 is 14.2 Å². The molecule has 2 heterocycles. The van der Waals surface area contributed by atoms with Gasteiger partial charge in [-0.15, -0.1) is 0 Å². The number of ether oxygens (including phenoxy) is 3. The number of hydrogen-bond donors (Lipinski definition) is 0. The first kappa shape index (κ1) is 24.8. The second-order valence-corrected chi connectivity index (χ2v) is 9.53. The van der Waals surface area contributed by atoms with Gasteiger partial charge in [-0.05, 0) is 75.4 Å². The molecule has 192 valence electrons. The van der Waals surface area contributed by atoms with E-state index < -0.39 is 5.82 Å². The van der Waals surface area contributed by atoms with Crippen molar-refractivity contribution in [1.29, 1.82) is 0 Å². The molecule has 0 radical (unpaired) electrons. The molecule has 2 aliphatic heterocycles. The maximum Gasteiger partial charge on any atom is 0.256 e. The number of carbonyl (C=O) groups is 1. The Kier molecular flexibility index (Phi) is 7.40. The van der Waals surface area contributed by atoms with Crippen LogP contribution in [0.15, 0.2) is 59.6 Å². The average molecular weight is 503 g/mol. The van der Waals surface area contributed by atoms with Crippen molar-refractivity contribution < 1.29 is 23.4 Å². The van der Waals surface area contributed by atoms with Crippen LogP contribution >= 0.6 is 0 Å². The van der Waals surface area contributed by atoms with Gasteiger partial charge >= 0.3 is 0 Å². The zero-order chi connectivity index (χ0) is 25.8. The maximum atomic E-state index is 14.2. The van der Waals surface area contributed by atoms with Gasteiger partial charge in [0.05, 0.1) is 30.5 Å². The van der Waals surface area contributed by atoms with Crippen LogP contribution in [0, 0.1) is 19.7 Å². The highest BCUT2D eigenvalue weighted by Crippen LogP contribution is 2.34. The van der Waals surface area contributed by atoms with E-state index in [2.05, 4.69) is 4.99 Å².